The normalized spacial score (nSPS) is 10.6. The first-order chi connectivity index (χ1) is 9.53. The second-order valence-corrected chi connectivity index (χ2v) is 4.91. The van der Waals surface area contributed by atoms with Gasteiger partial charge in [-0.25, -0.2) is 4.98 Å². The Bertz CT molecular complexity index is 760. The van der Waals surface area contributed by atoms with E-state index in [4.69, 9.17) is 11.6 Å². The summed E-state index contributed by atoms with van der Waals surface area (Å²) in [4.78, 5) is 18.7. The number of anilines is 1. The van der Waals surface area contributed by atoms with E-state index in [0.29, 0.717) is 29.5 Å². The second-order valence-electron chi connectivity index (χ2n) is 4.47. The molecule has 2 aromatic rings. The summed E-state index contributed by atoms with van der Waals surface area (Å²) in [7, 11) is 1.81. The minimum absolute atomic E-state index is 0.0381. The lowest BCUT2D eigenvalue weighted by molar-refractivity contribution is 0.908. The van der Waals surface area contributed by atoms with Crippen molar-refractivity contribution in [2.45, 2.75) is 20.3 Å². The van der Waals surface area contributed by atoms with Gasteiger partial charge >= 0.3 is 0 Å². The van der Waals surface area contributed by atoms with Crippen molar-refractivity contribution in [3.8, 4) is 6.07 Å². The fourth-order valence-corrected chi connectivity index (χ4v) is 2.27. The van der Waals surface area contributed by atoms with Gasteiger partial charge in [-0.15, -0.1) is 0 Å². The molecule has 0 amide bonds. The highest BCUT2D eigenvalue weighted by atomic mass is 35.5. The van der Waals surface area contributed by atoms with Crippen LogP contribution in [0.1, 0.15) is 25.0 Å². The molecule has 20 heavy (non-hydrogen) atoms. The summed E-state index contributed by atoms with van der Waals surface area (Å²) in [6.07, 6.45) is 2.21. The van der Waals surface area contributed by atoms with E-state index in [2.05, 4.69) is 4.98 Å². The van der Waals surface area contributed by atoms with Gasteiger partial charge in [0.1, 0.15) is 11.7 Å². The van der Waals surface area contributed by atoms with Gasteiger partial charge in [0.25, 0.3) is 5.56 Å². The molecule has 0 aliphatic heterocycles. The number of fused-ring (bicyclic) bond motifs is 1. The van der Waals surface area contributed by atoms with E-state index in [1.54, 1.807) is 18.0 Å². The molecule has 6 heteroatoms. The molecule has 0 saturated heterocycles. The Hall–Kier alpha value is -2.06. The highest BCUT2D eigenvalue weighted by Gasteiger charge is 2.17. The smallest absolute Gasteiger partial charge is 0.278 e. The van der Waals surface area contributed by atoms with Crippen molar-refractivity contribution in [3.05, 3.63) is 38.8 Å². The number of aryl methyl sites for hydroxylation is 1. The van der Waals surface area contributed by atoms with Crippen LogP contribution in [-0.4, -0.2) is 23.0 Å². The van der Waals surface area contributed by atoms with Crippen molar-refractivity contribution in [1.29, 1.82) is 5.26 Å². The van der Waals surface area contributed by atoms with E-state index >= 15 is 0 Å². The Kier molecular flexibility index (Phi) is 3.96. The maximum atomic E-state index is 12.4. The molecule has 0 fully saturated rings. The average molecular weight is 291 g/mol. The van der Waals surface area contributed by atoms with Crippen LogP contribution in [0.15, 0.2) is 17.1 Å². The molecule has 0 atom stereocenters. The first-order valence-electron chi connectivity index (χ1n) is 6.39. The maximum Gasteiger partial charge on any atom is 0.278 e. The first-order valence-corrected chi connectivity index (χ1v) is 6.77. The van der Waals surface area contributed by atoms with Gasteiger partial charge < -0.3 is 4.90 Å². The molecule has 0 aliphatic carbocycles. The number of hydrogen-bond acceptors (Lipinski definition) is 4. The third-order valence-electron chi connectivity index (χ3n) is 3.28. The van der Waals surface area contributed by atoms with Crippen LogP contribution in [0.4, 0.5) is 5.82 Å². The topological polar surface area (TPSA) is 61.4 Å². The summed E-state index contributed by atoms with van der Waals surface area (Å²) in [5.74, 6) is 0.414. The standard InChI is InChI=1S/C14H15ClN4O/c1-4-9-6-10(15)8-19-12(9)17-13(18(3)5-2)11(7-16)14(19)20/h6,8H,4-5H2,1-3H3. The number of nitriles is 1. The predicted molar refractivity (Wildman–Crippen MR) is 79.5 cm³/mol. The van der Waals surface area contributed by atoms with Crippen LogP contribution in [-0.2, 0) is 6.42 Å². The van der Waals surface area contributed by atoms with Gasteiger partial charge in [0.2, 0.25) is 0 Å². The molecule has 0 aliphatic rings. The lowest BCUT2D eigenvalue weighted by Gasteiger charge is -2.18. The fraction of sp³-hybridized carbons (Fsp3) is 0.357. The van der Waals surface area contributed by atoms with Gasteiger partial charge in [0, 0.05) is 19.8 Å². The Morgan fingerprint density at radius 3 is 2.75 bits per heavy atom. The monoisotopic (exact) mass is 290 g/mol. The molecule has 0 aromatic carbocycles. The Morgan fingerprint density at radius 2 is 2.20 bits per heavy atom. The summed E-state index contributed by atoms with van der Waals surface area (Å²) in [6, 6.07) is 3.74. The maximum absolute atomic E-state index is 12.4. The Labute approximate surface area is 122 Å². The van der Waals surface area contributed by atoms with Crippen molar-refractivity contribution in [2.24, 2.45) is 0 Å². The van der Waals surface area contributed by atoms with Crippen LogP contribution in [0, 0.1) is 11.3 Å². The van der Waals surface area contributed by atoms with Gasteiger partial charge in [-0.05, 0) is 25.0 Å². The molecule has 0 spiro atoms. The fourth-order valence-electron chi connectivity index (χ4n) is 2.04. The number of pyridine rings is 1. The third kappa shape index (κ3) is 2.23. The molecule has 0 bridgehead atoms. The second kappa shape index (κ2) is 5.51. The van der Waals surface area contributed by atoms with Crippen LogP contribution in [0.25, 0.3) is 5.65 Å². The van der Waals surface area contributed by atoms with Crippen LogP contribution in [0.5, 0.6) is 0 Å². The molecule has 5 nitrogen and oxygen atoms in total. The van der Waals surface area contributed by atoms with Crippen molar-refractivity contribution >= 4 is 23.1 Å². The highest BCUT2D eigenvalue weighted by molar-refractivity contribution is 6.30. The van der Waals surface area contributed by atoms with E-state index in [0.717, 1.165) is 5.56 Å². The molecule has 2 heterocycles. The zero-order valence-electron chi connectivity index (χ0n) is 11.6. The van der Waals surface area contributed by atoms with Crippen LogP contribution in [0.3, 0.4) is 0 Å². The van der Waals surface area contributed by atoms with Crippen molar-refractivity contribution < 1.29 is 0 Å². The SMILES string of the molecule is CCc1cc(Cl)cn2c(=O)c(C#N)c(N(C)CC)nc12. The quantitative estimate of drug-likeness (QED) is 0.870. The van der Waals surface area contributed by atoms with Gasteiger partial charge in [0.15, 0.2) is 11.4 Å². The van der Waals surface area contributed by atoms with Gasteiger partial charge in [-0.3, -0.25) is 9.20 Å². The van der Waals surface area contributed by atoms with Gasteiger partial charge in [0.05, 0.1) is 5.02 Å². The largest absolute Gasteiger partial charge is 0.359 e. The van der Waals surface area contributed by atoms with Crippen LogP contribution >= 0.6 is 11.6 Å². The predicted octanol–water partition coefficient (Wildman–Crippen LogP) is 2.24. The third-order valence-corrected chi connectivity index (χ3v) is 3.48. The van der Waals surface area contributed by atoms with E-state index in [1.165, 1.54) is 10.6 Å². The summed E-state index contributed by atoms with van der Waals surface area (Å²) in [5, 5.41) is 9.69. The number of halogens is 1. The zero-order valence-corrected chi connectivity index (χ0v) is 12.4. The highest BCUT2D eigenvalue weighted by Crippen LogP contribution is 2.19. The van der Waals surface area contributed by atoms with Crippen molar-refractivity contribution in [1.82, 2.24) is 9.38 Å². The van der Waals surface area contributed by atoms with E-state index in [-0.39, 0.29) is 11.1 Å². The lowest BCUT2D eigenvalue weighted by Crippen LogP contribution is -2.27. The average Bonchev–Trinajstić information content (AvgIpc) is 2.46. The van der Waals surface area contributed by atoms with E-state index < -0.39 is 0 Å². The van der Waals surface area contributed by atoms with E-state index in [1.807, 2.05) is 19.9 Å². The summed E-state index contributed by atoms with van der Waals surface area (Å²) < 4.78 is 1.35. The molecule has 2 rings (SSSR count). The first kappa shape index (κ1) is 14.4. The summed E-state index contributed by atoms with van der Waals surface area (Å²) in [6.45, 7) is 4.57. The number of rotatable bonds is 3. The van der Waals surface area contributed by atoms with E-state index in [9.17, 15) is 10.1 Å². The molecule has 0 N–H and O–H groups in total. The summed E-state index contributed by atoms with van der Waals surface area (Å²) in [5.41, 5.74) is 1.09. The van der Waals surface area contributed by atoms with Crippen molar-refractivity contribution in [2.75, 3.05) is 18.5 Å². The number of hydrogen-bond donors (Lipinski definition) is 0. The molecular formula is C14H15ClN4O. The van der Waals surface area contributed by atoms with Crippen molar-refractivity contribution in [3.63, 3.8) is 0 Å². The molecular weight excluding hydrogens is 276 g/mol. The van der Waals surface area contributed by atoms with Crippen LogP contribution in [0.2, 0.25) is 5.02 Å². The number of nitrogens with zero attached hydrogens (tertiary/aromatic N) is 4. The molecule has 2 aromatic heterocycles. The minimum Gasteiger partial charge on any atom is -0.359 e. The Morgan fingerprint density at radius 1 is 1.50 bits per heavy atom. The minimum atomic E-state index is -0.384. The van der Waals surface area contributed by atoms with Gasteiger partial charge in [-0.2, -0.15) is 5.26 Å². The molecule has 104 valence electrons. The van der Waals surface area contributed by atoms with Gasteiger partial charge in [-0.1, -0.05) is 18.5 Å². The van der Waals surface area contributed by atoms with Crippen LogP contribution < -0.4 is 10.5 Å². The Balaban J connectivity index is 2.95. The lowest BCUT2D eigenvalue weighted by atomic mass is 10.2. The molecule has 0 saturated carbocycles. The molecule has 0 radical (unpaired) electrons. The zero-order chi connectivity index (χ0) is 14.9. The number of aromatic nitrogens is 2. The summed E-state index contributed by atoms with van der Waals surface area (Å²) >= 11 is 6.02. The molecule has 0 unspecified atom stereocenters.